The number of rotatable bonds is 6. The Bertz CT molecular complexity index is 1020. The lowest BCUT2D eigenvalue weighted by molar-refractivity contribution is 0.0950. The van der Waals surface area contributed by atoms with Crippen LogP contribution in [0.4, 0.5) is 5.82 Å². The fourth-order valence-corrected chi connectivity index (χ4v) is 3.52. The van der Waals surface area contributed by atoms with E-state index in [1.54, 1.807) is 0 Å². The highest BCUT2D eigenvalue weighted by molar-refractivity contribution is 5.94. The zero-order valence-corrected chi connectivity index (χ0v) is 16.4. The molecule has 0 unspecified atom stereocenters. The number of hydrogen-bond donors (Lipinski definition) is 1. The second-order valence-corrected chi connectivity index (χ2v) is 6.71. The van der Waals surface area contributed by atoms with E-state index >= 15 is 0 Å². The molecule has 0 saturated heterocycles. The molecule has 1 N–H and O–H groups in total. The van der Waals surface area contributed by atoms with Crippen LogP contribution in [0, 0.1) is 6.92 Å². The molecule has 0 atom stereocenters. The molecule has 28 heavy (non-hydrogen) atoms. The van der Waals surface area contributed by atoms with Crippen molar-refractivity contribution in [2.45, 2.75) is 27.3 Å². The third-order valence-electron chi connectivity index (χ3n) is 4.98. The number of aryl methyl sites for hydroxylation is 1. The van der Waals surface area contributed by atoms with Crippen molar-refractivity contribution in [3.05, 3.63) is 53.3 Å². The Labute approximate surface area is 163 Å². The fraction of sp³-hybridized carbons (Fsp3) is 0.333. The molecule has 7 nitrogen and oxygen atoms in total. The maximum absolute atomic E-state index is 12.7. The first-order chi connectivity index (χ1) is 13.6. The lowest BCUT2D eigenvalue weighted by atomic mass is 10.2. The monoisotopic (exact) mass is 380 g/mol. The first kappa shape index (κ1) is 18.2. The lowest BCUT2D eigenvalue weighted by Crippen LogP contribution is -2.25. The van der Waals surface area contributed by atoms with Crippen molar-refractivity contribution in [3.8, 4) is 11.5 Å². The molecule has 0 spiro atoms. The van der Waals surface area contributed by atoms with Gasteiger partial charge in [-0.05, 0) is 50.6 Å². The molecule has 2 aromatic heterocycles. The van der Waals surface area contributed by atoms with E-state index in [1.165, 1.54) is 0 Å². The number of imidazole rings is 1. The number of pyridine rings is 1. The van der Waals surface area contributed by atoms with Crippen LogP contribution in [0.5, 0.6) is 11.5 Å². The van der Waals surface area contributed by atoms with Gasteiger partial charge in [0.2, 0.25) is 6.79 Å². The van der Waals surface area contributed by atoms with Crippen LogP contribution < -0.4 is 19.7 Å². The number of amides is 1. The Morgan fingerprint density at radius 3 is 2.75 bits per heavy atom. The SMILES string of the molecule is CCN(CC)c1c(C)nc2ccc(C(=O)NCc3ccc4c(c3)OCO4)cn12. The molecule has 146 valence electrons. The highest BCUT2D eigenvalue weighted by Crippen LogP contribution is 2.32. The number of benzene rings is 1. The number of hydrogen-bond acceptors (Lipinski definition) is 5. The number of ether oxygens (including phenoxy) is 2. The van der Waals surface area contributed by atoms with Gasteiger partial charge < -0.3 is 19.7 Å². The van der Waals surface area contributed by atoms with E-state index < -0.39 is 0 Å². The molecule has 7 heteroatoms. The van der Waals surface area contributed by atoms with Gasteiger partial charge in [-0.15, -0.1) is 0 Å². The number of anilines is 1. The minimum atomic E-state index is -0.128. The average molecular weight is 380 g/mol. The van der Waals surface area contributed by atoms with Gasteiger partial charge in [0, 0.05) is 25.8 Å². The second kappa shape index (κ2) is 7.42. The summed E-state index contributed by atoms with van der Waals surface area (Å²) in [5.74, 6) is 2.35. The number of aromatic nitrogens is 2. The number of nitrogens with one attached hydrogen (secondary N) is 1. The number of carbonyl (C=O) groups is 1. The highest BCUT2D eigenvalue weighted by atomic mass is 16.7. The van der Waals surface area contributed by atoms with Crippen LogP contribution >= 0.6 is 0 Å². The zero-order valence-electron chi connectivity index (χ0n) is 16.4. The minimum absolute atomic E-state index is 0.128. The van der Waals surface area contributed by atoms with Gasteiger partial charge in [0.05, 0.1) is 11.3 Å². The van der Waals surface area contributed by atoms with Crippen molar-refractivity contribution >= 4 is 17.4 Å². The Morgan fingerprint density at radius 2 is 1.96 bits per heavy atom. The van der Waals surface area contributed by atoms with E-state index in [1.807, 2.05) is 47.9 Å². The van der Waals surface area contributed by atoms with E-state index in [0.29, 0.717) is 17.9 Å². The number of nitrogens with zero attached hydrogens (tertiary/aromatic N) is 3. The fourth-order valence-electron chi connectivity index (χ4n) is 3.52. The molecule has 1 amide bonds. The number of carbonyl (C=O) groups excluding carboxylic acids is 1. The Hall–Kier alpha value is -3.22. The average Bonchev–Trinajstić information content (AvgIpc) is 3.30. The zero-order chi connectivity index (χ0) is 19.7. The molecule has 1 aliphatic rings. The summed E-state index contributed by atoms with van der Waals surface area (Å²) in [4.78, 5) is 19.6. The molecule has 0 aliphatic carbocycles. The van der Waals surface area contributed by atoms with E-state index in [0.717, 1.165) is 41.6 Å². The predicted molar refractivity (Wildman–Crippen MR) is 107 cm³/mol. The molecule has 1 aromatic carbocycles. The normalized spacial score (nSPS) is 12.4. The summed E-state index contributed by atoms with van der Waals surface area (Å²) < 4.78 is 12.7. The highest BCUT2D eigenvalue weighted by Gasteiger charge is 2.16. The quantitative estimate of drug-likeness (QED) is 0.712. The van der Waals surface area contributed by atoms with Crippen LogP contribution in [0.15, 0.2) is 36.5 Å². The van der Waals surface area contributed by atoms with E-state index in [-0.39, 0.29) is 12.7 Å². The van der Waals surface area contributed by atoms with Gasteiger partial charge in [0.1, 0.15) is 11.5 Å². The molecule has 3 aromatic rings. The standard InChI is InChI=1S/C21H24N4O3/c1-4-24(5-2)21-14(3)23-19-9-7-16(12-25(19)21)20(26)22-11-15-6-8-17-18(10-15)28-13-27-17/h6-10,12H,4-5,11,13H2,1-3H3,(H,22,26). The topological polar surface area (TPSA) is 68.1 Å². The molecular weight excluding hydrogens is 356 g/mol. The van der Waals surface area contributed by atoms with Crippen molar-refractivity contribution < 1.29 is 14.3 Å². The van der Waals surface area contributed by atoms with Crippen molar-refractivity contribution in [2.24, 2.45) is 0 Å². The summed E-state index contributed by atoms with van der Waals surface area (Å²) in [7, 11) is 0. The Morgan fingerprint density at radius 1 is 1.18 bits per heavy atom. The first-order valence-electron chi connectivity index (χ1n) is 9.51. The summed E-state index contributed by atoms with van der Waals surface area (Å²) in [6, 6.07) is 9.37. The van der Waals surface area contributed by atoms with Gasteiger partial charge in [-0.3, -0.25) is 9.20 Å². The maximum atomic E-state index is 12.7. The van der Waals surface area contributed by atoms with E-state index in [9.17, 15) is 4.79 Å². The van der Waals surface area contributed by atoms with Crippen LogP contribution in [0.1, 0.15) is 35.5 Å². The Kier molecular flexibility index (Phi) is 4.81. The summed E-state index contributed by atoms with van der Waals surface area (Å²) in [5.41, 5.74) is 3.35. The molecule has 0 bridgehead atoms. The Balaban J connectivity index is 1.55. The largest absolute Gasteiger partial charge is 0.454 e. The van der Waals surface area contributed by atoms with Crippen molar-refractivity contribution in [3.63, 3.8) is 0 Å². The van der Waals surface area contributed by atoms with Crippen LogP contribution in [-0.4, -0.2) is 35.2 Å². The third kappa shape index (κ3) is 3.24. The van der Waals surface area contributed by atoms with Gasteiger partial charge in [0.25, 0.3) is 5.91 Å². The molecule has 1 aliphatic heterocycles. The van der Waals surface area contributed by atoms with Crippen LogP contribution in [0.25, 0.3) is 5.65 Å². The molecule has 0 saturated carbocycles. The van der Waals surface area contributed by atoms with Gasteiger partial charge in [-0.2, -0.15) is 0 Å². The van der Waals surface area contributed by atoms with Gasteiger partial charge in [-0.25, -0.2) is 4.98 Å². The summed E-state index contributed by atoms with van der Waals surface area (Å²) in [6.45, 7) is 8.65. The van der Waals surface area contributed by atoms with Crippen LogP contribution in [0.3, 0.4) is 0 Å². The molecule has 0 fully saturated rings. The summed E-state index contributed by atoms with van der Waals surface area (Å²) >= 11 is 0. The second-order valence-electron chi connectivity index (χ2n) is 6.71. The maximum Gasteiger partial charge on any atom is 0.253 e. The lowest BCUT2D eigenvalue weighted by Gasteiger charge is -2.21. The van der Waals surface area contributed by atoms with E-state index in [4.69, 9.17) is 9.47 Å². The van der Waals surface area contributed by atoms with E-state index in [2.05, 4.69) is 29.0 Å². The molecular formula is C21H24N4O3. The first-order valence-corrected chi connectivity index (χ1v) is 9.51. The van der Waals surface area contributed by atoms with Gasteiger partial charge in [-0.1, -0.05) is 6.07 Å². The van der Waals surface area contributed by atoms with Crippen molar-refractivity contribution in [1.82, 2.24) is 14.7 Å². The smallest absolute Gasteiger partial charge is 0.253 e. The van der Waals surface area contributed by atoms with Gasteiger partial charge >= 0.3 is 0 Å². The molecule has 0 radical (unpaired) electrons. The molecule has 4 rings (SSSR count). The third-order valence-corrected chi connectivity index (χ3v) is 4.98. The summed E-state index contributed by atoms with van der Waals surface area (Å²) in [5, 5.41) is 2.97. The van der Waals surface area contributed by atoms with Crippen molar-refractivity contribution in [1.29, 1.82) is 0 Å². The van der Waals surface area contributed by atoms with Crippen LogP contribution in [-0.2, 0) is 6.54 Å². The number of fused-ring (bicyclic) bond motifs is 2. The predicted octanol–water partition coefficient (Wildman–Crippen LogP) is 3.15. The summed E-state index contributed by atoms with van der Waals surface area (Å²) in [6.07, 6.45) is 1.86. The minimum Gasteiger partial charge on any atom is -0.454 e. The van der Waals surface area contributed by atoms with Crippen LogP contribution in [0.2, 0.25) is 0 Å². The van der Waals surface area contributed by atoms with Crippen molar-refractivity contribution in [2.75, 3.05) is 24.8 Å². The van der Waals surface area contributed by atoms with Gasteiger partial charge in [0.15, 0.2) is 11.5 Å². The molecule has 3 heterocycles.